The van der Waals surface area contributed by atoms with Gasteiger partial charge in [0.25, 0.3) is 0 Å². The molecule has 1 aromatic carbocycles. The number of urea groups is 1. The third-order valence-electron chi connectivity index (χ3n) is 4.96. The molecule has 1 aliphatic rings. The Bertz CT molecular complexity index is 734. The molecule has 0 saturated carbocycles. The summed E-state index contributed by atoms with van der Waals surface area (Å²) in [6.07, 6.45) is 3.56. The van der Waals surface area contributed by atoms with Gasteiger partial charge >= 0.3 is 6.03 Å². The molecule has 1 aliphatic heterocycles. The van der Waals surface area contributed by atoms with Crippen LogP contribution < -0.4 is 10.6 Å². The maximum absolute atomic E-state index is 12.2. The molecule has 2 aromatic rings. The maximum Gasteiger partial charge on any atom is 0.319 e. The Morgan fingerprint density at radius 1 is 1.35 bits per heavy atom. The van der Waals surface area contributed by atoms with Gasteiger partial charge in [0.2, 0.25) is 0 Å². The minimum Gasteiger partial charge on any atom is -0.338 e. The number of fused-ring (bicyclic) bond motifs is 1. The first kappa shape index (κ1) is 19.1. The average Bonchev–Trinajstić information content (AvgIpc) is 3.05. The predicted molar refractivity (Wildman–Crippen MR) is 110 cm³/mol. The molecule has 1 fully saturated rings. The summed E-state index contributed by atoms with van der Waals surface area (Å²) in [5.74, 6) is 1.02. The molecular weight excluding hydrogens is 344 g/mol. The molecule has 5 nitrogen and oxygen atoms in total. The molecule has 6 heteroatoms. The van der Waals surface area contributed by atoms with Gasteiger partial charge in [0.05, 0.1) is 15.2 Å². The summed E-state index contributed by atoms with van der Waals surface area (Å²) in [6, 6.07) is 5.81. The van der Waals surface area contributed by atoms with Crippen LogP contribution in [0.15, 0.2) is 18.2 Å². The first-order valence-electron chi connectivity index (χ1n) is 9.73. The van der Waals surface area contributed by atoms with Crippen LogP contribution in [-0.2, 0) is 0 Å². The number of nitrogens with one attached hydrogen (secondary N) is 2. The molecule has 26 heavy (non-hydrogen) atoms. The van der Waals surface area contributed by atoms with Crippen molar-refractivity contribution in [2.24, 2.45) is 5.92 Å². The largest absolute Gasteiger partial charge is 0.338 e. The zero-order chi connectivity index (χ0) is 18.5. The van der Waals surface area contributed by atoms with Gasteiger partial charge in [0.15, 0.2) is 0 Å². The van der Waals surface area contributed by atoms with Crippen LogP contribution in [0, 0.1) is 5.92 Å². The van der Waals surface area contributed by atoms with E-state index in [4.69, 9.17) is 0 Å². The fourth-order valence-electron chi connectivity index (χ4n) is 3.41. The monoisotopic (exact) mass is 374 g/mol. The minimum absolute atomic E-state index is 0.117. The molecule has 0 atom stereocenters. The second kappa shape index (κ2) is 8.82. The lowest BCUT2D eigenvalue weighted by molar-refractivity contribution is 0.182. The van der Waals surface area contributed by atoms with E-state index in [0.29, 0.717) is 11.8 Å². The van der Waals surface area contributed by atoms with E-state index in [1.807, 2.05) is 18.2 Å². The Hall–Kier alpha value is -1.66. The predicted octanol–water partition coefficient (Wildman–Crippen LogP) is 4.66. The molecule has 0 spiro atoms. The lowest BCUT2D eigenvalue weighted by Crippen LogP contribution is -2.39. The number of benzene rings is 1. The number of likely N-dealkylation sites (tertiary alicyclic amines) is 1. The first-order valence-corrected chi connectivity index (χ1v) is 10.5. The molecule has 2 amide bonds. The topological polar surface area (TPSA) is 57.3 Å². The van der Waals surface area contributed by atoms with Crippen LogP contribution in [0.4, 0.5) is 10.5 Å². The van der Waals surface area contributed by atoms with Gasteiger partial charge in [0, 0.05) is 18.2 Å². The van der Waals surface area contributed by atoms with Crippen molar-refractivity contribution in [3.8, 4) is 0 Å². The summed E-state index contributed by atoms with van der Waals surface area (Å²) < 4.78 is 1.12. The highest BCUT2D eigenvalue weighted by Gasteiger charge is 2.19. The highest BCUT2D eigenvalue weighted by atomic mass is 32.1. The van der Waals surface area contributed by atoms with Crippen molar-refractivity contribution in [2.45, 2.75) is 46.0 Å². The van der Waals surface area contributed by atoms with Gasteiger partial charge in [-0.1, -0.05) is 20.8 Å². The third-order valence-corrected chi connectivity index (χ3v) is 6.27. The molecule has 0 radical (unpaired) electrons. The van der Waals surface area contributed by atoms with E-state index in [2.05, 4.69) is 41.3 Å². The van der Waals surface area contributed by atoms with E-state index in [0.717, 1.165) is 40.5 Å². The zero-order valence-electron chi connectivity index (χ0n) is 16.0. The Morgan fingerprint density at radius 2 is 2.12 bits per heavy atom. The molecule has 1 saturated heterocycles. The number of carbonyl (C=O) groups excluding carboxylic acids is 1. The van der Waals surface area contributed by atoms with Gasteiger partial charge in [-0.05, 0) is 63.0 Å². The molecule has 2 heterocycles. The number of piperidine rings is 1. The summed E-state index contributed by atoms with van der Waals surface area (Å²) in [7, 11) is 0. The molecule has 1 aromatic heterocycles. The van der Waals surface area contributed by atoms with E-state index in [9.17, 15) is 4.79 Å². The molecule has 3 rings (SSSR count). The third kappa shape index (κ3) is 4.95. The number of anilines is 1. The summed E-state index contributed by atoms with van der Waals surface area (Å²) >= 11 is 1.70. The van der Waals surface area contributed by atoms with Crippen molar-refractivity contribution in [2.75, 3.05) is 31.5 Å². The number of aromatic nitrogens is 1. The Morgan fingerprint density at radius 3 is 2.81 bits per heavy atom. The summed E-state index contributed by atoms with van der Waals surface area (Å²) in [4.78, 5) is 19.4. The highest BCUT2D eigenvalue weighted by molar-refractivity contribution is 7.18. The molecule has 0 bridgehead atoms. The quantitative estimate of drug-likeness (QED) is 0.773. The number of thiazole rings is 1. The van der Waals surface area contributed by atoms with Crippen LogP contribution in [0.2, 0.25) is 0 Å². The number of carbonyl (C=O) groups is 1. The molecular formula is C20H30N4OS. The van der Waals surface area contributed by atoms with Crippen LogP contribution in [0.25, 0.3) is 10.2 Å². The highest BCUT2D eigenvalue weighted by Crippen LogP contribution is 2.29. The molecule has 2 N–H and O–H groups in total. The molecule has 142 valence electrons. The maximum atomic E-state index is 12.2. The Kier molecular flexibility index (Phi) is 6.48. The first-order chi connectivity index (χ1) is 12.5. The van der Waals surface area contributed by atoms with E-state index < -0.39 is 0 Å². The van der Waals surface area contributed by atoms with Crippen LogP contribution >= 0.6 is 11.3 Å². The van der Waals surface area contributed by atoms with E-state index in [1.54, 1.807) is 11.3 Å². The fraction of sp³-hybridized carbons (Fsp3) is 0.600. The van der Waals surface area contributed by atoms with E-state index in [-0.39, 0.29) is 6.03 Å². The van der Waals surface area contributed by atoms with Gasteiger partial charge in [0.1, 0.15) is 0 Å². The van der Waals surface area contributed by atoms with Crippen LogP contribution in [-0.4, -0.2) is 42.1 Å². The zero-order valence-corrected chi connectivity index (χ0v) is 16.9. The van der Waals surface area contributed by atoms with Crippen molar-refractivity contribution in [1.29, 1.82) is 0 Å². The number of rotatable bonds is 6. The van der Waals surface area contributed by atoms with Gasteiger partial charge < -0.3 is 15.5 Å². The van der Waals surface area contributed by atoms with E-state index >= 15 is 0 Å². The van der Waals surface area contributed by atoms with Crippen LogP contribution in [0.5, 0.6) is 0 Å². The van der Waals surface area contributed by atoms with Gasteiger partial charge in [-0.2, -0.15) is 0 Å². The molecule has 0 aliphatic carbocycles. The normalized spacial score (nSPS) is 16.3. The van der Waals surface area contributed by atoms with Crippen LogP contribution in [0.1, 0.15) is 51.0 Å². The lowest BCUT2D eigenvalue weighted by Gasteiger charge is -2.31. The second-order valence-corrected chi connectivity index (χ2v) is 8.57. The van der Waals surface area contributed by atoms with Gasteiger partial charge in [-0.25, -0.2) is 9.78 Å². The standard InChI is InChI=1S/C20H30N4OS/c1-4-9-24-10-7-15(8-11-24)13-21-20(25)22-16-5-6-17-18(12-16)26-19(23-17)14(2)3/h5-6,12,14-15H,4,7-11,13H2,1-3H3,(H2,21,22,25). The number of hydrogen-bond acceptors (Lipinski definition) is 4. The fourth-order valence-corrected chi connectivity index (χ4v) is 4.42. The summed E-state index contributed by atoms with van der Waals surface area (Å²) in [5.41, 5.74) is 1.83. The van der Waals surface area contributed by atoms with Crippen LogP contribution in [0.3, 0.4) is 0 Å². The smallest absolute Gasteiger partial charge is 0.319 e. The van der Waals surface area contributed by atoms with Crippen molar-refractivity contribution < 1.29 is 4.79 Å². The minimum atomic E-state index is -0.117. The lowest BCUT2D eigenvalue weighted by atomic mass is 9.97. The number of amides is 2. The van der Waals surface area contributed by atoms with Crippen molar-refractivity contribution >= 4 is 33.3 Å². The van der Waals surface area contributed by atoms with Gasteiger partial charge in [-0.3, -0.25) is 0 Å². The number of nitrogens with zero attached hydrogens (tertiary/aromatic N) is 2. The van der Waals surface area contributed by atoms with Crippen molar-refractivity contribution in [1.82, 2.24) is 15.2 Å². The number of hydrogen-bond donors (Lipinski definition) is 2. The average molecular weight is 375 g/mol. The van der Waals surface area contributed by atoms with E-state index in [1.165, 1.54) is 25.8 Å². The van der Waals surface area contributed by atoms with Crippen molar-refractivity contribution in [3.05, 3.63) is 23.2 Å². The summed E-state index contributed by atoms with van der Waals surface area (Å²) in [5, 5.41) is 7.13. The van der Waals surface area contributed by atoms with Crippen molar-refractivity contribution in [3.63, 3.8) is 0 Å². The molecule has 0 unspecified atom stereocenters. The Labute approximate surface area is 160 Å². The SMILES string of the molecule is CCCN1CCC(CNC(=O)Nc2ccc3nc(C(C)C)sc3c2)CC1. The Balaban J connectivity index is 1.48. The second-order valence-electron chi connectivity index (χ2n) is 7.51. The van der Waals surface area contributed by atoms with Gasteiger partial charge in [-0.15, -0.1) is 11.3 Å². The summed E-state index contributed by atoms with van der Waals surface area (Å²) in [6.45, 7) is 10.8.